The van der Waals surface area contributed by atoms with Gasteiger partial charge in [-0.25, -0.2) is 0 Å². The molecule has 60 valence electrons. The van der Waals surface area contributed by atoms with Crippen molar-refractivity contribution in [1.29, 1.82) is 0 Å². The summed E-state index contributed by atoms with van der Waals surface area (Å²) in [6.45, 7) is 2.40. The van der Waals surface area contributed by atoms with E-state index in [0.29, 0.717) is 5.41 Å². The van der Waals surface area contributed by atoms with Gasteiger partial charge in [0.15, 0.2) is 0 Å². The number of hydrogen-bond acceptors (Lipinski definition) is 0. The Kier molecular flexibility index (Phi) is 1.63. The quantitative estimate of drug-likeness (QED) is 0.494. The Labute approximate surface area is 69.0 Å². The highest BCUT2D eigenvalue weighted by Crippen LogP contribution is 2.44. The lowest BCUT2D eigenvalue weighted by Crippen LogP contribution is -2.28. The van der Waals surface area contributed by atoms with Gasteiger partial charge in [-0.3, -0.25) is 0 Å². The molecule has 0 heteroatoms. The smallest absolute Gasteiger partial charge is 0.00806 e. The fraction of sp³-hybridized carbons (Fsp3) is 0.636. The summed E-state index contributed by atoms with van der Waals surface area (Å²) in [6, 6.07) is 0. The average molecular weight is 148 g/mol. The lowest BCUT2D eigenvalue weighted by molar-refractivity contribution is 0.212. The molecule has 0 aromatic carbocycles. The second-order valence-electron chi connectivity index (χ2n) is 4.10. The SMILES string of the molecule is CC12C=CC=CC1CCCC2. The van der Waals surface area contributed by atoms with E-state index in [0.717, 1.165) is 5.92 Å². The van der Waals surface area contributed by atoms with Crippen molar-refractivity contribution in [3.63, 3.8) is 0 Å². The monoisotopic (exact) mass is 148 g/mol. The van der Waals surface area contributed by atoms with Gasteiger partial charge in [0.05, 0.1) is 0 Å². The zero-order valence-corrected chi connectivity index (χ0v) is 7.22. The number of fused-ring (bicyclic) bond motifs is 1. The van der Waals surface area contributed by atoms with Gasteiger partial charge in [0.25, 0.3) is 0 Å². The summed E-state index contributed by atoms with van der Waals surface area (Å²) in [4.78, 5) is 0. The van der Waals surface area contributed by atoms with Crippen molar-refractivity contribution in [2.24, 2.45) is 11.3 Å². The first-order valence-electron chi connectivity index (χ1n) is 4.67. The van der Waals surface area contributed by atoms with Gasteiger partial charge in [0, 0.05) is 0 Å². The van der Waals surface area contributed by atoms with Gasteiger partial charge >= 0.3 is 0 Å². The van der Waals surface area contributed by atoms with Crippen molar-refractivity contribution in [2.45, 2.75) is 32.6 Å². The van der Waals surface area contributed by atoms with Crippen LogP contribution in [0.1, 0.15) is 32.6 Å². The lowest BCUT2D eigenvalue weighted by Gasteiger charge is -2.39. The molecular weight excluding hydrogens is 132 g/mol. The molecule has 0 heterocycles. The van der Waals surface area contributed by atoms with E-state index in [1.165, 1.54) is 25.7 Å². The summed E-state index contributed by atoms with van der Waals surface area (Å²) >= 11 is 0. The van der Waals surface area contributed by atoms with Crippen molar-refractivity contribution in [2.75, 3.05) is 0 Å². The maximum absolute atomic E-state index is 2.40. The van der Waals surface area contributed by atoms with Gasteiger partial charge in [0.1, 0.15) is 0 Å². The first-order chi connectivity index (χ1) is 5.31. The van der Waals surface area contributed by atoms with Crippen molar-refractivity contribution in [1.82, 2.24) is 0 Å². The van der Waals surface area contributed by atoms with E-state index in [2.05, 4.69) is 31.2 Å². The van der Waals surface area contributed by atoms with Crippen molar-refractivity contribution in [3.05, 3.63) is 24.3 Å². The summed E-state index contributed by atoms with van der Waals surface area (Å²) in [5.41, 5.74) is 0.507. The maximum Gasteiger partial charge on any atom is -0.00806 e. The van der Waals surface area contributed by atoms with Gasteiger partial charge in [-0.2, -0.15) is 0 Å². The van der Waals surface area contributed by atoms with Crippen LogP contribution in [-0.2, 0) is 0 Å². The predicted molar refractivity (Wildman–Crippen MR) is 48.3 cm³/mol. The Morgan fingerprint density at radius 3 is 3.00 bits per heavy atom. The summed E-state index contributed by atoms with van der Waals surface area (Å²) in [6.07, 6.45) is 14.8. The van der Waals surface area contributed by atoms with Crippen LogP contribution in [-0.4, -0.2) is 0 Å². The van der Waals surface area contributed by atoms with Crippen LogP contribution in [0, 0.1) is 11.3 Å². The van der Waals surface area contributed by atoms with E-state index in [-0.39, 0.29) is 0 Å². The minimum atomic E-state index is 0.507. The van der Waals surface area contributed by atoms with Crippen LogP contribution >= 0.6 is 0 Å². The molecule has 0 spiro atoms. The van der Waals surface area contributed by atoms with Crippen molar-refractivity contribution in [3.8, 4) is 0 Å². The molecule has 2 atom stereocenters. The van der Waals surface area contributed by atoms with E-state index in [1.54, 1.807) is 0 Å². The number of hydrogen-bond donors (Lipinski definition) is 0. The Bertz CT molecular complexity index is 200. The molecule has 1 saturated carbocycles. The molecular formula is C11H16. The topological polar surface area (TPSA) is 0 Å². The van der Waals surface area contributed by atoms with Gasteiger partial charge < -0.3 is 0 Å². The van der Waals surface area contributed by atoms with Gasteiger partial charge in [-0.1, -0.05) is 44.1 Å². The molecule has 0 bridgehead atoms. The molecule has 1 fully saturated rings. The van der Waals surface area contributed by atoms with E-state index < -0.39 is 0 Å². The molecule has 2 aliphatic carbocycles. The zero-order valence-electron chi connectivity index (χ0n) is 7.22. The van der Waals surface area contributed by atoms with E-state index >= 15 is 0 Å². The van der Waals surface area contributed by atoms with Crippen molar-refractivity contribution >= 4 is 0 Å². The van der Waals surface area contributed by atoms with Crippen LogP contribution in [0.15, 0.2) is 24.3 Å². The third-order valence-electron chi connectivity index (χ3n) is 3.26. The second kappa shape index (κ2) is 2.51. The zero-order chi connectivity index (χ0) is 7.73. The molecule has 0 N–H and O–H groups in total. The van der Waals surface area contributed by atoms with Crippen LogP contribution < -0.4 is 0 Å². The molecule has 2 rings (SSSR count). The fourth-order valence-electron chi connectivity index (χ4n) is 2.38. The highest BCUT2D eigenvalue weighted by Gasteiger charge is 2.33. The molecule has 0 radical (unpaired) electrons. The van der Waals surface area contributed by atoms with E-state index in [9.17, 15) is 0 Å². The third kappa shape index (κ3) is 1.15. The Morgan fingerprint density at radius 2 is 2.18 bits per heavy atom. The average Bonchev–Trinajstić information content (AvgIpc) is 2.03. The third-order valence-corrected chi connectivity index (χ3v) is 3.26. The normalized spacial score (nSPS) is 42.1. The Balaban J connectivity index is 2.22. The van der Waals surface area contributed by atoms with E-state index in [1.807, 2.05) is 0 Å². The summed E-state index contributed by atoms with van der Waals surface area (Å²) in [7, 11) is 0. The highest BCUT2D eigenvalue weighted by atomic mass is 14.4. The van der Waals surface area contributed by atoms with Gasteiger partial charge in [-0.05, 0) is 24.2 Å². The van der Waals surface area contributed by atoms with Crippen LogP contribution in [0.4, 0.5) is 0 Å². The summed E-state index contributed by atoms with van der Waals surface area (Å²) in [5, 5.41) is 0. The fourth-order valence-corrected chi connectivity index (χ4v) is 2.38. The lowest BCUT2D eigenvalue weighted by atomic mass is 9.66. The first kappa shape index (κ1) is 7.15. The minimum Gasteiger partial charge on any atom is -0.0806 e. The molecule has 11 heavy (non-hydrogen) atoms. The Morgan fingerprint density at radius 1 is 1.27 bits per heavy atom. The molecule has 0 aliphatic heterocycles. The maximum atomic E-state index is 2.40. The number of rotatable bonds is 0. The first-order valence-corrected chi connectivity index (χ1v) is 4.67. The van der Waals surface area contributed by atoms with Gasteiger partial charge in [-0.15, -0.1) is 0 Å². The molecule has 2 aliphatic rings. The number of allylic oxidation sites excluding steroid dienone is 4. The van der Waals surface area contributed by atoms with Crippen LogP contribution in [0.2, 0.25) is 0 Å². The van der Waals surface area contributed by atoms with Crippen LogP contribution in [0.5, 0.6) is 0 Å². The molecule has 0 nitrogen and oxygen atoms in total. The molecule has 0 aromatic rings. The molecule has 0 saturated heterocycles. The molecule has 0 amide bonds. The Hall–Kier alpha value is -0.520. The second-order valence-corrected chi connectivity index (χ2v) is 4.10. The van der Waals surface area contributed by atoms with Crippen molar-refractivity contribution < 1.29 is 0 Å². The largest absolute Gasteiger partial charge is 0.0806 e. The van der Waals surface area contributed by atoms with E-state index in [4.69, 9.17) is 0 Å². The standard InChI is InChI=1S/C11H16/c1-11-8-4-2-6-10(11)7-3-5-9-11/h2,4,6,8,10H,3,5,7,9H2,1H3. The molecule has 0 aromatic heterocycles. The highest BCUT2D eigenvalue weighted by molar-refractivity contribution is 5.19. The van der Waals surface area contributed by atoms with Crippen LogP contribution in [0.3, 0.4) is 0 Å². The minimum absolute atomic E-state index is 0.507. The summed E-state index contributed by atoms with van der Waals surface area (Å²) < 4.78 is 0. The van der Waals surface area contributed by atoms with Crippen LogP contribution in [0.25, 0.3) is 0 Å². The predicted octanol–water partition coefficient (Wildman–Crippen LogP) is 3.31. The molecule has 2 unspecified atom stereocenters. The summed E-state index contributed by atoms with van der Waals surface area (Å²) in [5.74, 6) is 0.834. The van der Waals surface area contributed by atoms with Gasteiger partial charge in [0.2, 0.25) is 0 Å².